The van der Waals surface area contributed by atoms with Crippen LogP contribution in [-0.2, 0) is 76.5 Å². The highest BCUT2D eigenvalue weighted by Gasteiger charge is 2.38. The average molecular weight is 1630 g/mol. The highest BCUT2D eigenvalue weighted by molar-refractivity contribution is 6.00. The molecule has 0 aromatic carbocycles. The van der Waals surface area contributed by atoms with Crippen molar-refractivity contribution in [2.75, 3.05) is 40.5 Å². The Bertz CT molecular complexity index is 3100. The normalized spacial score (nSPS) is 13.6. The molecule has 2 saturated heterocycles. The number of Topliss-reactive ketones (excluding diaryl/α,β-unsaturated/α-hetero) is 5. The molecule has 2 aliphatic rings. The minimum Gasteiger partial charge on any atom is -0.463 e. The maximum absolute atomic E-state index is 11.3. The van der Waals surface area contributed by atoms with Crippen LogP contribution in [0.15, 0.2) is 36.5 Å². The third kappa shape index (κ3) is 98.8. The molecule has 0 saturated carbocycles. The zero-order chi connectivity index (χ0) is 94.3. The molecule has 2 rings (SSSR count). The van der Waals surface area contributed by atoms with Gasteiger partial charge < -0.3 is 40.4 Å². The summed E-state index contributed by atoms with van der Waals surface area (Å²) in [6, 6.07) is 0. The van der Waals surface area contributed by atoms with Gasteiger partial charge in [-0.15, -0.1) is 12.8 Å². The first-order valence-corrected chi connectivity index (χ1v) is 40.1. The van der Waals surface area contributed by atoms with Crippen LogP contribution in [0.2, 0.25) is 0 Å². The number of nitrogens with zero attached hydrogens (tertiary/aromatic N) is 1. The number of carbonyl (C=O) groups excluding carboxylic acids is 13. The number of esters is 1. The standard InChI is InChI=1S/C10H19NO.C10H16O3.C9H16O.C9H14O.C7H13NO2.2C7H15NO.C7H11NO.C7H12O2.2C7H14O.C7H10O/c1-10(2,3)9(12)7-6-8-11(4)5;1-5-13-9(12)7-6-8(11)10(2,3)4;2*1-5-6-7-8(10)9(2,3)4;1-7(2,3)8-6(9)5-4-10-5;3*1-5-6(9)8-7(2,3)4;1-7(2,3)6(8)5-4-9-5;3*1-5-6(8)7(2,3)4/h6-7H,8H2,1-5H3;6-7H,5H2,1-4H3;6-7H,5H2,1-4H3;5H2,1-4H3;5H,4H2,1-3H3,(H,8,9);2*5H2,1-4H3,(H,8,9);1H,2-4H3,(H,8,9);5H,4H2,1-3H3;2*5H2,1-4H3;1H,2-4H3/b3*7-6+;;;;;;;;;. The molecular weight excluding hydrogens is 1460 g/mol. The van der Waals surface area contributed by atoms with Crippen molar-refractivity contribution in [1.82, 2.24) is 26.2 Å². The Hall–Kier alpha value is -7.51. The van der Waals surface area contributed by atoms with E-state index in [0.717, 1.165) is 25.5 Å². The van der Waals surface area contributed by atoms with Gasteiger partial charge >= 0.3 is 5.97 Å². The van der Waals surface area contributed by atoms with E-state index in [1.54, 1.807) is 60.6 Å². The molecule has 115 heavy (non-hydrogen) atoms. The van der Waals surface area contributed by atoms with E-state index in [9.17, 15) is 62.3 Å². The number of carbonyl (C=O) groups is 13. The van der Waals surface area contributed by atoms with Crippen molar-refractivity contribution < 1.29 is 76.5 Å². The van der Waals surface area contributed by atoms with E-state index in [1.165, 1.54) is 6.08 Å². The van der Waals surface area contributed by atoms with Crippen molar-refractivity contribution in [1.29, 1.82) is 0 Å². The van der Waals surface area contributed by atoms with Crippen molar-refractivity contribution >= 4 is 75.9 Å². The van der Waals surface area contributed by atoms with Gasteiger partial charge in [0, 0.05) is 110 Å². The summed E-state index contributed by atoms with van der Waals surface area (Å²) in [4.78, 5) is 144. The fourth-order valence-electron chi connectivity index (χ4n) is 6.03. The topological polar surface area (TPSA) is 308 Å². The summed E-state index contributed by atoms with van der Waals surface area (Å²) in [5.74, 6) is 9.85. The molecule has 2 atom stereocenters. The second-order valence-electron chi connectivity index (χ2n) is 39.6. The van der Waals surface area contributed by atoms with Crippen LogP contribution >= 0.6 is 0 Å². The molecule has 0 aromatic rings. The van der Waals surface area contributed by atoms with Crippen LogP contribution in [0, 0.1) is 79.8 Å². The van der Waals surface area contributed by atoms with Crippen LogP contribution < -0.4 is 21.3 Å². The quantitative estimate of drug-likeness (QED) is 0.0413. The van der Waals surface area contributed by atoms with Crippen molar-refractivity contribution in [3.8, 4) is 36.5 Å². The van der Waals surface area contributed by atoms with Gasteiger partial charge in [0.15, 0.2) is 29.2 Å². The van der Waals surface area contributed by atoms with Gasteiger partial charge in [0.25, 0.3) is 11.8 Å². The second kappa shape index (κ2) is 60.9. The van der Waals surface area contributed by atoms with Crippen LogP contribution in [0.25, 0.3) is 0 Å². The van der Waals surface area contributed by atoms with E-state index >= 15 is 0 Å². The smallest absolute Gasteiger partial charge is 0.330 e. The van der Waals surface area contributed by atoms with E-state index in [1.807, 2.05) is 286 Å². The lowest BCUT2D eigenvalue weighted by Gasteiger charge is -2.19. The fourth-order valence-corrected chi connectivity index (χ4v) is 6.03. The largest absolute Gasteiger partial charge is 0.463 e. The molecule has 0 aliphatic carbocycles. The molecule has 21 heteroatoms. The molecule has 0 aromatic heterocycles. The average Bonchev–Trinajstić information content (AvgIpc) is 1.72. The predicted octanol–water partition coefficient (Wildman–Crippen LogP) is 17.7. The summed E-state index contributed by atoms with van der Waals surface area (Å²) < 4.78 is 14.3. The van der Waals surface area contributed by atoms with Gasteiger partial charge in [0.2, 0.25) is 23.4 Å². The number of hydrogen-bond donors (Lipinski definition) is 4. The van der Waals surface area contributed by atoms with Crippen molar-refractivity contribution in [2.45, 2.75) is 371 Å². The van der Waals surface area contributed by atoms with Crippen molar-refractivity contribution in [3.63, 3.8) is 0 Å². The Kier molecular flexibility index (Phi) is 67.9. The summed E-state index contributed by atoms with van der Waals surface area (Å²) in [5, 5.41) is 11.1. The second-order valence-corrected chi connectivity index (χ2v) is 39.6. The van der Waals surface area contributed by atoms with Crippen molar-refractivity contribution in [3.05, 3.63) is 36.5 Å². The number of nitrogens with one attached hydrogen (secondary N) is 4. The molecule has 666 valence electrons. The van der Waals surface area contributed by atoms with Gasteiger partial charge in [-0.05, 0) is 147 Å². The van der Waals surface area contributed by atoms with Gasteiger partial charge in [-0.3, -0.25) is 57.5 Å². The Labute approximate surface area is 702 Å². The van der Waals surface area contributed by atoms with Gasteiger partial charge in [-0.25, -0.2) is 4.79 Å². The first kappa shape index (κ1) is 128. The van der Waals surface area contributed by atoms with Gasteiger partial charge in [-0.2, -0.15) is 0 Å². The molecule has 0 spiro atoms. The van der Waals surface area contributed by atoms with Crippen LogP contribution in [0.4, 0.5) is 0 Å². The Morgan fingerprint density at radius 3 is 0.887 bits per heavy atom. The molecule has 2 unspecified atom stereocenters. The van der Waals surface area contributed by atoms with Gasteiger partial charge in [0.05, 0.1) is 19.8 Å². The fraction of sp³-hybridized carbons (Fsp3) is 0.734. The monoisotopic (exact) mass is 1620 g/mol. The number of rotatable bonds is 14. The SMILES string of the molecule is C#CC(=O)C(C)(C)C.C#CC(=O)NC(C)(C)C.CC(C)(C)C(=O)C1CO1.CC(C)(C)NC(=O)C1CO1.CC/C=C/C(=O)C(C)(C)C.CCC#CC(=O)C(C)(C)C.CCC(=O)C(C)(C)C.CCC(=O)C(C)(C)C.CCC(=O)NC(C)(C)C.CCC(=O)NC(C)(C)C.CCOC(=O)/C=C/C(=O)C(C)(C)C.CN(C)C/C=C/C(=O)C(C)(C)C. The molecule has 4 N–H and O–H groups in total. The Morgan fingerprint density at radius 1 is 0.391 bits per heavy atom. The Balaban J connectivity index is -0.000000131. The third-order valence-corrected chi connectivity index (χ3v) is 13.1. The molecule has 0 radical (unpaired) electrons. The maximum atomic E-state index is 11.3. The summed E-state index contributed by atoms with van der Waals surface area (Å²) in [5.41, 5.74) is -2.56. The summed E-state index contributed by atoms with van der Waals surface area (Å²) >= 11 is 0. The van der Waals surface area contributed by atoms with E-state index in [-0.39, 0.29) is 131 Å². The summed E-state index contributed by atoms with van der Waals surface area (Å²) in [6.07, 6.45) is 23.1. The number of likely N-dealkylation sites (N-methyl/N-ethyl adjacent to an activating group) is 1. The highest BCUT2D eigenvalue weighted by atomic mass is 16.6. The number of hydrogen-bond acceptors (Lipinski definition) is 17. The van der Waals surface area contributed by atoms with E-state index < -0.39 is 11.4 Å². The number of allylic oxidation sites excluding steroid dienone is 4. The zero-order valence-electron chi connectivity index (χ0n) is 81.3. The van der Waals surface area contributed by atoms with Crippen LogP contribution in [-0.4, -0.2) is 156 Å². The molecule has 2 fully saturated rings. The lowest BCUT2D eigenvalue weighted by atomic mass is 9.89. The highest BCUT2D eigenvalue weighted by Crippen LogP contribution is 2.25. The molecular formula is C94H169N5O16. The summed E-state index contributed by atoms with van der Waals surface area (Å²) in [7, 11) is 3.96. The number of amides is 4. The van der Waals surface area contributed by atoms with E-state index in [0.29, 0.717) is 57.1 Å². The molecule has 2 heterocycles. The van der Waals surface area contributed by atoms with E-state index in [2.05, 4.69) is 43.8 Å². The van der Waals surface area contributed by atoms with E-state index in [4.69, 9.17) is 22.3 Å². The first-order chi connectivity index (χ1) is 51.0. The van der Waals surface area contributed by atoms with Gasteiger partial charge in [0.1, 0.15) is 17.7 Å². The summed E-state index contributed by atoms with van der Waals surface area (Å²) in [6.45, 7) is 84.2. The molecule has 0 bridgehead atoms. The van der Waals surface area contributed by atoms with Crippen LogP contribution in [0.1, 0.15) is 336 Å². The van der Waals surface area contributed by atoms with Crippen LogP contribution in [0.5, 0.6) is 0 Å². The molecule has 21 nitrogen and oxygen atoms in total. The first-order valence-electron chi connectivity index (χ1n) is 40.1. The lowest BCUT2D eigenvalue weighted by Crippen LogP contribution is -2.42. The zero-order valence-corrected chi connectivity index (χ0v) is 81.3. The minimum atomic E-state index is -0.472. The number of terminal acetylenes is 2. The predicted molar refractivity (Wildman–Crippen MR) is 477 cm³/mol. The third-order valence-electron chi connectivity index (χ3n) is 13.1. The molecule has 4 amide bonds. The number of epoxide rings is 2. The number of ketones is 8. The van der Waals surface area contributed by atoms with Gasteiger partial charge in [-0.1, -0.05) is 226 Å². The maximum Gasteiger partial charge on any atom is 0.330 e. The number of ether oxygens (including phenoxy) is 3. The van der Waals surface area contributed by atoms with Crippen LogP contribution in [0.3, 0.4) is 0 Å². The Morgan fingerprint density at radius 2 is 0.713 bits per heavy atom. The minimum absolute atomic E-state index is 0.00694. The van der Waals surface area contributed by atoms with Crippen molar-refractivity contribution in [2.24, 2.45) is 43.3 Å². The lowest BCUT2D eigenvalue weighted by molar-refractivity contribution is -0.137. The molecule has 2 aliphatic heterocycles.